The zero-order valence-electron chi connectivity index (χ0n) is 21.7. The van der Waals surface area contributed by atoms with Gasteiger partial charge in [0.05, 0.1) is 17.7 Å². The van der Waals surface area contributed by atoms with Crippen LogP contribution in [0.5, 0.6) is 5.88 Å². The number of hydrogen-bond donors (Lipinski definition) is 1. The Hall–Kier alpha value is -4.24. The molecule has 0 saturated heterocycles. The van der Waals surface area contributed by atoms with E-state index in [9.17, 15) is 22.4 Å². The van der Waals surface area contributed by atoms with Crippen LogP contribution in [0.3, 0.4) is 0 Å². The van der Waals surface area contributed by atoms with Crippen LogP contribution in [0.15, 0.2) is 97.2 Å². The second-order valence-corrected chi connectivity index (χ2v) is 9.37. The molecule has 0 bridgehead atoms. The molecule has 0 aliphatic rings. The number of pyridine rings is 1. The van der Waals surface area contributed by atoms with Crippen molar-refractivity contribution < 1.29 is 27.1 Å². The van der Waals surface area contributed by atoms with Crippen LogP contribution in [0.4, 0.5) is 17.6 Å². The molecule has 0 aliphatic heterocycles. The number of rotatable bonds is 12. The number of nitrogens with two attached hydrogens (primary N) is 1. The molecule has 0 spiro atoms. The van der Waals surface area contributed by atoms with Gasteiger partial charge in [0.1, 0.15) is 5.82 Å². The van der Waals surface area contributed by atoms with Crippen molar-refractivity contribution in [2.75, 3.05) is 19.7 Å². The van der Waals surface area contributed by atoms with Crippen LogP contribution >= 0.6 is 0 Å². The first-order chi connectivity index (χ1) is 19.2. The summed E-state index contributed by atoms with van der Waals surface area (Å²) in [4.78, 5) is 17.4. The number of carbonyl (C=O) groups is 1. The van der Waals surface area contributed by atoms with Gasteiger partial charge < -0.3 is 10.5 Å². The monoisotopic (exact) mass is 551 g/mol. The fourth-order valence-corrected chi connectivity index (χ4v) is 4.49. The van der Waals surface area contributed by atoms with Crippen molar-refractivity contribution in [1.29, 1.82) is 0 Å². The lowest BCUT2D eigenvalue weighted by molar-refractivity contribution is -0.140. The minimum atomic E-state index is -4.79. The van der Waals surface area contributed by atoms with E-state index in [4.69, 9.17) is 10.5 Å². The molecule has 208 valence electrons. The molecule has 9 heteroatoms. The molecule has 2 N–H and O–H groups in total. The topological polar surface area (TPSA) is 68.5 Å². The minimum absolute atomic E-state index is 0.0473. The van der Waals surface area contributed by atoms with Gasteiger partial charge in [-0.15, -0.1) is 0 Å². The Morgan fingerprint density at radius 1 is 0.925 bits per heavy atom. The number of benzene rings is 3. The van der Waals surface area contributed by atoms with Crippen LogP contribution in [0.25, 0.3) is 0 Å². The number of alkyl halides is 3. The maximum absolute atomic E-state index is 14.0. The highest BCUT2D eigenvalue weighted by Gasteiger charge is 2.34. The summed E-state index contributed by atoms with van der Waals surface area (Å²) < 4.78 is 59.8. The number of ether oxygens (including phenoxy) is 1. The molecular weight excluding hydrogens is 522 g/mol. The van der Waals surface area contributed by atoms with E-state index in [0.29, 0.717) is 31.0 Å². The third kappa shape index (κ3) is 7.89. The van der Waals surface area contributed by atoms with Gasteiger partial charge in [0.15, 0.2) is 0 Å². The number of carbonyl (C=O) groups excluding carboxylic acids is 1. The highest BCUT2D eigenvalue weighted by Crippen LogP contribution is 2.32. The third-order valence-corrected chi connectivity index (χ3v) is 6.48. The van der Waals surface area contributed by atoms with Crippen molar-refractivity contribution in [3.63, 3.8) is 0 Å². The summed E-state index contributed by atoms with van der Waals surface area (Å²) in [7, 11) is 0. The van der Waals surface area contributed by atoms with Crippen molar-refractivity contribution in [2.45, 2.75) is 25.1 Å². The summed E-state index contributed by atoms with van der Waals surface area (Å²) in [5.74, 6) is -1.60. The van der Waals surface area contributed by atoms with E-state index in [1.165, 1.54) is 18.3 Å². The van der Waals surface area contributed by atoms with E-state index in [0.717, 1.165) is 23.3 Å². The van der Waals surface area contributed by atoms with E-state index < -0.39 is 23.5 Å². The zero-order chi connectivity index (χ0) is 28.5. The highest BCUT2D eigenvalue weighted by atomic mass is 19.4. The Morgan fingerprint density at radius 3 is 2.12 bits per heavy atom. The zero-order valence-corrected chi connectivity index (χ0v) is 21.7. The van der Waals surface area contributed by atoms with Gasteiger partial charge >= 0.3 is 6.18 Å². The number of aromatic nitrogens is 1. The minimum Gasteiger partial charge on any atom is -0.478 e. The SMILES string of the molecule is NC(=O)c1ccc(OCCCN(Cc2ccc(F)c(C(F)(F)F)c2)CC(c2ccccc2)c2ccccc2)nc1. The fourth-order valence-electron chi connectivity index (χ4n) is 4.49. The van der Waals surface area contributed by atoms with Crippen molar-refractivity contribution in [3.05, 3.63) is 131 Å². The van der Waals surface area contributed by atoms with E-state index in [1.807, 2.05) is 65.6 Å². The van der Waals surface area contributed by atoms with E-state index in [1.54, 1.807) is 6.07 Å². The second kappa shape index (κ2) is 13.2. The summed E-state index contributed by atoms with van der Waals surface area (Å²) in [6, 6.07) is 26.0. The standard InChI is InChI=1S/C31H29F4N3O2/c32-28-14-12-22(18-27(28)31(33,34)35)20-38(16-7-17-40-29-15-13-25(19-37-29)30(36)39)21-26(23-8-3-1-4-9-23)24-10-5-2-6-11-24/h1-6,8-15,18-19,26H,7,16-17,20-21H2,(H2,36,39). The lowest BCUT2D eigenvalue weighted by Crippen LogP contribution is -2.31. The first kappa shape index (κ1) is 28.8. The molecule has 1 amide bonds. The smallest absolute Gasteiger partial charge is 0.419 e. The van der Waals surface area contributed by atoms with Crippen LogP contribution in [0.2, 0.25) is 0 Å². The van der Waals surface area contributed by atoms with Crippen molar-refractivity contribution >= 4 is 5.91 Å². The first-order valence-electron chi connectivity index (χ1n) is 12.8. The molecule has 0 saturated carbocycles. The van der Waals surface area contributed by atoms with Crippen LogP contribution in [-0.4, -0.2) is 35.5 Å². The molecule has 0 unspecified atom stereocenters. The predicted octanol–water partition coefficient (Wildman–Crippen LogP) is 6.44. The van der Waals surface area contributed by atoms with Gasteiger partial charge in [-0.1, -0.05) is 66.7 Å². The van der Waals surface area contributed by atoms with Gasteiger partial charge in [-0.05, 0) is 41.3 Å². The Bertz CT molecular complexity index is 1340. The van der Waals surface area contributed by atoms with Gasteiger partial charge in [0.2, 0.25) is 11.8 Å². The largest absolute Gasteiger partial charge is 0.478 e. The Balaban J connectivity index is 1.53. The Labute approximate surface area is 230 Å². The number of amides is 1. The summed E-state index contributed by atoms with van der Waals surface area (Å²) in [5, 5.41) is 0. The molecule has 4 rings (SSSR count). The molecule has 1 aromatic heterocycles. The highest BCUT2D eigenvalue weighted by molar-refractivity contribution is 5.92. The lowest BCUT2D eigenvalue weighted by Gasteiger charge is -2.29. The van der Waals surface area contributed by atoms with Gasteiger partial charge in [-0.3, -0.25) is 9.69 Å². The molecule has 5 nitrogen and oxygen atoms in total. The lowest BCUT2D eigenvalue weighted by atomic mass is 9.90. The molecule has 0 aliphatic carbocycles. The summed E-state index contributed by atoms with van der Waals surface area (Å²) >= 11 is 0. The van der Waals surface area contributed by atoms with Gasteiger partial charge in [-0.25, -0.2) is 9.37 Å². The Kier molecular flexibility index (Phi) is 9.50. The molecule has 40 heavy (non-hydrogen) atoms. The van der Waals surface area contributed by atoms with Crippen LogP contribution in [-0.2, 0) is 12.7 Å². The van der Waals surface area contributed by atoms with Gasteiger partial charge in [0.25, 0.3) is 0 Å². The molecule has 4 aromatic rings. The van der Waals surface area contributed by atoms with Crippen molar-refractivity contribution in [3.8, 4) is 5.88 Å². The number of hydrogen-bond acceptors (Lipinski definition) is 4. The number of primary amides is 1. The average Bonchev–Trinajstić information content (AvgIpc) is 2.95. The first-order valence-corrected chi connectivity index (χ1v) is 12.8. The second-order valence-electron chi connectivity index (χ2n) is 9.37. The maximum atomic E-state index is 14.0. The summed E-state index contributed by atoms with van der Waals surface area (Å²) in [5.41, 5.74) is 6.74. The fraction of sp³-hybridized carbons (Fsp3) is 0.226. The van der Waals surface area contributed by atoms with Gasteiger partial charge in [-0.2, -0.15) is 13.2 Å². The van der Waals surface area contributed by atoms with Crippen LogP contribution in [0.1, 0.15) is 45.0 Å². The predicted molar refractivity (Wildman–Crippen MR) is 144 cm³/mol. The van der Waals surface area contributed by atoms with E-state index in [2.05, 4.69) is 4.98 Å². The van der Waals surface area contributed by atoms with Crippen LogP contribution in [0, 0.1) is 5.82 Å². The third-order valence-electron chi connectivity index (χ3n) is 6.48. The molecule has 3 aromatic carbocycles. The van der Waals surface area contributed by atoms with E-state index >= 15 is 0 Å². The molecule has 0 atom stereocenters. The van der Waals surface area contributed by atoms with Crippen molar-refractivity contribution in [2.24, 2.45) is 5.73 Å². The van der Waals surface area contributed by atoms with Gasteiger partial charge in [0, 0.05) is 37.8 Å². The number of halogens is 4. The molecule has 1 heterocycles. The Morgan fingerprint density at radius 2 is 1.57 bits per heavy atom. The summed E-state index contributed by atoms with van der Waals surface area (Å²) in [6.45, 7) is 1.48. The quantitative estimate of drug-likeness (QED) is 0.163. The number of nitrogens with zero attached hydrogens (tertiary/aromatic N) is 2. The normalized spacial score (nSPS) is 11.7. The van der Waals surface area contributed by atoms with Crippen LogP contribution < -0.4 is 10.5 Å². The molecular formula is C31H29F4N3O2. The van der Waals surface area contributed by atoms with E-state index in [-0.39, 0.29) is 24.6 Å². The maximum Gasteiger partial charge on any atom is 0.419 e. The average molecular weight is 552 g/mol. The molecule has 0 radical (unpaired) electrons. The summed E-state index contributed by atoms with van der Waals surface area (Å²) in [6.07, 6.45) is -2.91. The molecule has 0 fully saturated rings. The van der Waals surface area contributed by atoms with Crippen molar-refractivity contribution in [1.82, 2.24) is 9.88 Å².